The third-order valence-electron chi connectivity index (χ3n) is 3.30. The largest absolute Gasteiger partial charge is 0.341 e. The van der Waals surface area contributed by atoms with E-state index in [4.69, 9.17) is 5.26 Å². The Balaban J connectivity index is 2.10. The average Bonchev–Trinajstić information content (AvgIpc) is 2.59. The van der Waals surface area contributed by atoms with Gasteiger partial charge in [-0.1, -0.05) is 24.3 Å². The molecule has 0 fully saturated rings. The lowest BCUT2D eigenvalue weighted by atomic mass is 10.0. The Hall–Kier alpha value is -1.82. The predicted molar refractivity (Wildman–Crippen MR) is 65.2 cm³/mol. The van der Waals surface area contributed by atoms with Crippen molar-refractivity contribution in [2.75, 3.05) is 13.1 Å². The van der Waals surface area contributed by atoms with Crippen molar-refractivity contribution in [1.29, 1.82) is 5.26 Å². The number of hydrogen-bond acceptors (Lipinski definition) is 2. The molecular formula is C14H16N2O. The lowest BCUT2D eigenvalue weighted by molar-refractivity contribution is -0.133. The lowest BCUT2D eigenvalue weighted by Gasteiger charge is -2.21. The number of carbonyl (C=O) groups excluding carboxylic acids is 1. The average molecular weight is 228 g/mol. The zero-order valence-corrected chi connectivity index (χ0v) is 10.0. The van der Waals surface area contributed by atoms with Gasteiger partial charge in [0.15, 0.2) is 0 Å². The van der Waals surface area contributed by atoms with Gasteiger partial charge < -0.3 is 4.90 Å². The van der Waals surface area contributed by atoms with Gasteiger partial charge in [0, 0.05) is 13.1 Å². The van der Waals surface area contributed by atoms with E-state index in [2.05, 4.69) is 12.1 Å². The Morgan fingerprint density at radius 3 is 2.29 bits per heavy atom. The molecule has 0 saturated heterocycles. The Labute approximate surface area is 102 Å². The first-order valence-corrected chi connectivity index (χ1v) is 5.97. The third kappa shape index (κ3) is 2.47. The number of rotatable bonds is 1. The molecule has 0 N–H and O–H groups in total. The van der Waals surface area contributed by atoms with Crippen LogP contribution in [0.25, 0.3) is 0 Å². The summed E-state index contributed by atoms with van der Waals surface area (Å²) in [5.74, 6) is -0.573. The second kappa shape index (κ2) is 5.01. The summed E-state index contributed by atoms with van der Waals surface area (Å²) in [5, 5.41) is 8.78. The van der Waals surface area contributed by atoms with Gasteiger partial charge in [-0.25, -0.2) is 0 Å². The standard InChI is InChI=1S/C14H16N2O/c1-11(10-15)14(17)16-8-6-12-4-2-3-5-13(12)7-9-16/h2-5,11H,6-9H2,1H3. The summed E-state index contributed by atoms with van der Waals surface area (Å²) in [6.45, 7) is 3.12. The van der Waals surface area contributed by atoms with Crippen LogP contribution in [0.4, 0.5) is 0 Å². The number of carbonyl (C=O) groups is 1. The summed E-state index contributed by atoms with van der Waals surface area (Å²) in [4.78, 5) is 13.7. The van der Waals surface area contributed by atoms with Gasteiger partial charge >= 0.3 is 0 Å². The molecule has 3 nitrogen and oxygen atoms in total. The molecule has 1 atom stereocenters. The van der Waals surface area contributed by atoms with Crippen molar-refractivity contribution in [3.05, 3.63) is 35.4 Å². The molecule has 1 aromatic rings. The first kappa shape index (κ1) is 11.7. The van der Waals surface area contributed by atoms with Gasteiger partial charge in [-0.15, -0.1) is 0 Å². The fourth-order valence-electron chi connectivity index (χ4n) is 2.22. The van der Waals surface area contributed by atoms with Crippen LogP contribution in [-0.4, -0.2) is 23.9 Å². The normalized spacial score (nSPS) is 16.6. The molecule has 1 amide bonds. The minimum absolute atomic E-state index is 0.0414. The van der Waals surface area contributed by atoms with Crippen LogP contribution in [-0.2, 0) is 17.6 Å². The molecule has 88 valence electrons. The van der Waals surface area contributed by atoms with E-state index in [9.17, 15) is 4.79 Å². The second-order valence-electron chi connectivity index (χ2n) is 4.44. The van der Waals surface area contributed by atoms with E-state index in [1.165, 1.54) is 11.1 Å². The van der Waals surface area contributed by atoms with Gasteiger partial charge in [-0.05, 0) is 30.9 Å². The highest BCUT2D eigenvalue weighted by atomic mass is 16.2. The third-order valence-corrected chi connectivity index (χ3v) is 3.30. The van der Waals surface area contributed by atoms with Gasteiger partial charge in [0.2, 0.25) is 5.91 Å². The molecule has 1 aliphatic rings. The summed E-state index contributed by atoms with van der Waals surface area (Å²) in [6.07, 6.45) is 1.78. The summed E-state index contributed by atoms with van der Waals surface area (Å²) >= 11 is 0. The fraction of sp³-hybridized carbons (Fsp3) is 0.429. The molecule has 0 aliphatic carbocycles. The Bertz CT molecular complexity index is 435. The van der Waals surface area contributed by atoms with Crippen LogP contribution >= 0.6 is 0 Å². The topological polar surface area (TPSA) is 44.1 Å². The van der Waals surface area contributed by atoms with Crippen molar-refractivity contribution >= 4 is 5.91 Å². The van der Waals surface area contributed by atoms with Crippen LogP contribution < -0.4 is 0 Å². The molecule has 0 radical (unpaired) electrons. The summed E-state index contributed by atoms with van der Waals surface area (Å²) in [7, 11) is 0. The van der Waals surface area contributed by atoms with Gasteiger partial charge in [-0.3, -0.25) is 4.79 Å². The molecule has 1 heterocycles. The molecule has 2 rings (SSSR count). The second-order valence-corrected chi connectivity index (χ2v) is 4.44. The maximum atomic E-state index is 11.9. The number of fused-ring (bicyclic) bond motifs is 1. The summed E-state index contributed by atoms with van der Waals surface area (Å²) < 4.78 is 0. The summed E-state index contributed by atoms with van der Waals surface area (Å²) in [5.41, 5.74) is 2.65. The fourth-order valence-corrected chi connectivity index (χ4v) is 2.22. The molecule has 17 heavy (non-hydrogen) atoms. The van der Waals surface area contributed by atoms with Crippen LogP contribution in [0.2, 0.25) is 0 Å². The molecular weight excluding hydrogens is 212 g/mol. The van der Waals surface area contributed by atoms with E-state index in [1.807, 2.05) is 23.1 Å². The van der Waals surface area contributed by atoms with E-state index in [0.717, 1.165) is 25.9 Å². The number of hydrogen-bond donors (Lipinski definition) is 0. The molecule has 0 saturated carbocycles. The minimum Gasteiger partial charge on any atom is -0.341 e. The smallest absolute Gasteiger partial charge is 0.239 e. The molecule has 1 aliphatic heterocycles. The molecule has 0 aromatic heterocycles. The monoisotopic (exact) mass is 228 g/mol. The van der Waals surface area contributed by atoms with Crippen molar-refractivity contribution in [2.45, 2.75) is 19.8 Å². The Kier molecular flexibility index (Phi) is 3.43. The highest BCUT2D eigenvalue weighted by molar-refractivity contribution is 5.80. The van der Waals surface area contributed by atoms with Gasteiger partial charge in [0.05, 0.1) is 6.07 Å². The van der Waals surface area contributed by atoms with E-state index in [1.54, 1.807) is 6.92 Å². The number of nitrogens with zero attached hydrogens (tertiary/aromatic N) is 2. The van der Waals surface area contributed by atoms with Gasteiger partial charge in [0.1, 0.15) is 5.92 Å². The maximum Gasteiger partial charge on any atom is 0.239 e. The SMILES string of the molecule is CC(C#N)C(=O)N1CCc2ccccc2CC1. The van der Waals surface area contributed by atoms with E-state index in [0.29, 0.717) is 0 Å². The molecule has 0 bridgehead atoms. The minimum atomic E-state index is -0.531. The number of nitriles is 1. The summed E-state index contributed by atoms with van der Waals surface area (Å²) in [6, 6.07) is 10.3. The Morgan fingerprint density at radius 2 is 1.82 bits per heavy atom. The predicted octanol–water partition coefficient (Wildman–Crippen LogP) is 1.77. The van der Waals surface area contributed by atoms with Crippen molar-refractivity contribution in [2.24, 2.45) is 5.92 Å². The van der Waals surface area contributed by atoms with E-state index < -0.39 is 5.92 Å². The molecule has 1 aromatic carbocycles. The number of benzene rings is 1. The lowest BCUT2D eigenvalue weighted by Crippen LogP contribution is -2.36. The molecule has 3 heteroatoms. The first-order chi connectivity index (χ1) is 8.22. The van der Waals surface area contributed by atoms with Crippen LogP contribution in [0.3, 0.4) is 0 Å². The van der Waals surface area contributed by atoms with Crippen LogP contribution in [0.15, 0.2) is 24.3 Å². The Morgan fingerprint density at radius 1 is 1.29 bits per heavy atom. The maximum absolute atomic E-state index is 11.9. The first-order valence-electron chi connectivity index (χ1n) is 5.97. The molecule has 0 spiro atoms. The van der Waals surface area contributed by atoms with Crippen molar-refractivity contribution in [1.82, 2.24) is 4.90 Å². The van der Waals surface area contributed by atoms with Gasteiger partial charge in [-0.2, -0.15) is 5.26 Å². The van der Waals surface area contributed by atoms with Crippen molar-refractivity contribution in [3.63, 3.8) is 0 Å². The van der Waals surface area contributed by atoms with E-state index >= 15 is 0 Å². The highest BCUT2D eigenvalue weighted by Gasteiger charge is 2.22. The van der Waals surface area contributed by atoms with Crippen LogP contribution in [0, 0.1) is 17.2 Å². The number of amides is 1. The van der Waals surface area contributed by atoms with Crippen LogP contribution in [0.5, 0.6) is 0 Å². The quantitative estimate of drug-likeness (QED) is 0.735. The molecule has 1 unspecified atom stereocenters. The zero-order valence-electron chi connectivity index (χ0n) is 10.0. The van der Waals surface area contributed by atoms with Gasteiger partial charge in [0.25, 0.3) is 0 Å². The highest BCUT2D eigenvalue weighted by Crippen LogP contribution is 2.16. The van der Waals surface area contributed by atoms with E-state index in [-0.39, 0.29) is 5.91 Å². The van der Waals surface area contributed by atoms with Crippen molar-refractivity contribution < 1.29 is 4.79 Å². The van der Waals surface area contributed by atoms with Crippen molar-refractivity contribution in [3.8, 4) is 6.07 Å². The zero-order chi connectivity index (χ0) is 12.3. The van der Waals surface area contributed by atoms with Crippen LogP contribution in [0.1, 0.15) is 18.1 Å².